The van der Waals surface area contributed by atoms with E-state index in [4.69, 9.17) is 5.10 Å². The number of thiophene rings is 2. The second-order valence-corrected chi connectivity index (χ2v) is 9.60. The number of aromatic nitrogens is 2. The van der Waals surface area contributed by atoms with Crippen molar-refractivity contribution >= 4 is 57.1 Å². The van der Waals surface area contributed by atoms with Crippen molar-refractivity contribution in [3.8, 4) is 0 Å². The van der Waals surface area contributed by atoms with Crippen LogP contribution in [0.5, 0.6) is 0 Å². The first-order valence-corrected chi connectivity index (χ1v) is 12.0. The number of hydrogen-bond acceptors (Lipinski definition) is 6. The molecular weight excluding hydrogens is 420 g/mol. The molecule has 29 heavy (non-hydrogen) atoms. The molecule has 146 valence electrons. The minimum Gasteiger partial charge on any atom is -0.322 e. The van der Waals surface area contributed by atoms with Crippen LogP contribution in [0.25, 0.3) is 11.0 Å². The molecule has 0 N–H and O–H groups in total. The molecule has 0 radical (unpaired) electrons. The molecule has 3 aromatic heterocycles. The second kappa shape index (κ2) is 7.78. The van der Waals surface area contributed by atoms with Crippen LogP contribution in [0.15, 0.2) is 69.5 Å². The Bertz CT molecular complexity index is 1180. The SMILES string of the molecule is Cn1c(SCC(=O)N2N=C(c3cccs3)C[C@H]2c2cccs2)nc2ccccc21. The van der Waals surface area contributed by atoms with Gasteiger partial charge < -0.3 is 4.57 Å². The number of rotatable bonds is 5. The lowest BCUT2D eigenvalue weighted by atomic mass is 10.1. The van der Waals surface area contributed by atoms with E-state index < -0.39 is 0 Å². The van der Waals surface area contributed by atoms with Gasteiger partial charge in [0.15, 0.2) is 5.16 Å². The number of hydrazone groups is 1. The van der Waals surface area contributed by atoms with Crippen LogP contribution in [0.1, 0.15) is 22.2 Å². The Morgan fingerprint density at radius 2 is 1.97 bits per heavy atom. The van der Waals surface area contributed by atoms with E-state index in [0.29, 0.717) is 5.75 Å². The zero-order valence-electron chi connectivity index (χ0n) is 15.7. The molecular formula is C21H18N4OS3. The van der Waals surface area contributed by atoms with E-state index in [9.17, 15) is 4.79 Å². The van der Waals surface area contributed by atoms with E-state index in [-0.39, 0.29) is 11.9 Å². The van der Waals surface area contributed by atoms with Crippen molar-refractivity contribution in [2.24, 2.45) is 12.1 Å². The molecule has 1 aromatic carbocycles. The number of carbonyl (C=O) groups is 1. The first-order valence-electron chi connectivity index (χ1n) is 9.22. The van der Waals surface area contributed by atoms with Crippen LogP contribution in [-0.2, 0) is 11.8 Å². The maximum Gasteiger partial charge on any atom is 0.253 e. The summed E-state index contributed by atoms with van der Waals surface area (Å²) in [5, 5.41) is 11.3. The molecule has 1 atom stereocenters. The Morgan fingerprint density at radius 3 is 2.72 bits per heavy atom. The van der Waals surface area contributed by atoms with E-state index in [1.165, 1.54) is 16.6 Å². The molecule has 0 saturated carbocycles. The van der Waals surface area contributed by atoms with Crippen molar-refractivity contribution < 1.29 is 4.79 Å². The Balaban J connectivity index is 1.38. The van der Waals surface area contributed by atoms with E-state index in [1.807, 2.05) is 53.4 Å². The molecule has 4 heterocycles. The molecule has 0 saturated heterocycles. The van der Waals surface area contributed by atoms with Crippen molar-refractivity contribution in [2.45, 2.75) is 17.6 Å². The smallest absolute Gasteiger partial charge is 0.253 e. The minimum absolute atomic E-state index is 0.00649. The van der Waals surface area contributed by atoms with Crippen LogP contribution in [0.4, 0.5) is 0 Å². The molecule has 1 amide bonds. The molecule has 0 spiro atoms. The van der Waals surface area contributed by atoms with Gasteiger partial charge in [-0.1, -0.05) is 36.0 Å². The number of fused-ring (bicyclic) bond motifs is 1. The summed E-state index contributed by atoms with van der Waals surface area (Å²) < 4.78 is 2.04. The van der Waals surface area contributed by atoms with Gasteiger partial charge in [-0.2, -0.15) is 5.10 Å². The summed E-state index contributed by atoms with van der Waals surface area (Å²) in [5.74, 6) is 0.312. The highest BCUT2D eigenvalue weighted by atomic mass is 32.2. The fraction of sp³-hybridized carbons (Fsp3) is 0.190. The maximum atomic E-state index is 13.1. The highest BCUT2D eigenvalue weighted by molar-refractivity contribution is 7.99. The number of nitrogens with zero attached hydrogens (tertiary/aromatic N) is 4. The van der Waals surface area contributed by atoms with Gasteiger partial charge in [-0.25, -0.2) is 9.99 Å². The molecule has 0 aliphatic carbocycles. The standard InChI is InChI=1S/C21H18N4OS3/c1-24-16-7-3-2-6-14(16)22-21(24)29-13-20(26)25-17(19-9-5-11-28-19)12-15(23-25)18-8-4-10-27-18/h2-11,17H,12-13H2,1H3/t17-/m0/s1. The zero-order valence-corrected chi connectivity index (χ0v) is 18.1. The van der Waals surface area contributed by atoms with Gasteiger partial charge in [-0.05, 0) is 35.0 Å². The van der Waals surface area contributed by atoms with Gasteiger partial charge in [-0.3, -0.25) is 4.79 Å². The highest BCUT2D eigenvalue weighted by Gasteiger charge is 2.34. The molecule has 0 fully saturated rings. The van der Waals surface area contributed by atoms with Gasteiger partial charge >= 0.3 is 0 Å². The molecule has 0 unspecified atom stereocenters. The normalized spacial score (nSPS) is 16.5. The third-order valence-corrected chi connectivity index (χ3v) is 7.82. The number of amides is 1. The van der Waals surface area contributed by atoms with Crippen LogP contribution in [0.3, 0.4) is 0 Å². The van der Waals surface area contributed by atoms with Gasteiger partial charge in [0.05, 0.1) is 33.4 Å². The summed E-state index contributed by atoms with van der Waals surface area (Å²) in [5.41, 5.74) is 3.00. The van der Waals surface area contributed by atoms with Crippen LogP contribution in [0, 0.1) is 0 Å². The fourth-order valence-electron chi connectivity index (χ4n) is 3.48. The predicted molar refractivity (Wildman–Crippen MR) is 121 cm³/mol. The van der Waals surface area contributed by atoms with Gasteiger partial charge in [-0.15, -0.1) is 22.7 Å². The third-order valence-electron chi connectivity index (χ3n) is 4.91. The van der Waals surface area contributed by atoms with Crippen molar-refractivity contribution in [2.75, 3.05) is 5.75 Å². The van der Waals surface area contributed by atoms with E-state index >= 15 is 0 Å². The molecule has 8 heteroatoms. The summed E-state index contributed by atoms with van der Waals surface area (Å²) in [6.07, 6.45) is 0.754. The number of imidazole rings is 1. The lowest BCUT2D eigenvalue weighted by Gasteiger charge is -2.20. The second-order valence-electron chi connectivity index (χ2n) is 6.73. The van der Waals surface area contributed by atoms with Crippen LogP contribution >= 0.6 is 34.4 Å². The van der Waals surface area contributed by atoms with E-state index in [2.05, 4.69) is 22.5 Å². The monoisotopic (exact) mass is 438 g/mol. The van der Waals surface area contributed by atoms with Crippen LogP contribution in [0.2, 0.25) is 0 Å². The van der Waals surface area contributed by atoms with E-state index in [1.54, 1.807) is 27.7 Å². The van der Waals surface area contributed by atoms with Crippen LogP contribution in [-0.4, -0.2) is 31.9 Å². The average molecular weight is 439 g/mol. The highest BCUT2D eigenvalue weighted by Crippen LogP contribution is 2.36. The number of hydrogen-bond donors (Lipinski definition) is 0. The summed E-state index contributed by atoms with van der Waals surface area (Å²) >= 11 is 4.80. The molecule has 5 nitrogen and oxygen atoms in total. The van der Waals surface area contributed by atoms with Gasteiger partial charge in [0.1, 0.15) is 0 Å². The van der Waals surface area contributed by atoms with E-state index in [0.717, 1.165) is 33.2 Å². The molecule has 5 rings (SSSR count). The number of benzene rings is 1. The summed E-state index contributed by atoms with van der Waals surface area (Å²) in [6, 6.07) is 16.2. The lowest BCUT2D eigenvalue weighted by molar-refractivity contribution is -0.130. The topological polar surface area (TPSA) is 50.5 Å². The maximum absolute atomic E-state index is 13.1. The lowest BCUT2D eigenvalue weighted by Crippen LogP contribution is -2.28. The number of aryl methyl sites for hydroxylation is 1. The van der Waals surface area contributed by atoms with Crippen LogP contribution < -0.4 is 0 Å². The Labute approximate surface area is 180 Å². The van der Waals surface area contributed by atoms with Gasteiger partial charge in [0, 0.05) is 18.3 Å². The first-order chi connectivity index (χ1) is 14.2. The quantitative estimate of drug-likeness (QED) is 0.404. The number of carbonyl (C=O) groups excluding carboxylic acids is 1. The Hall–Kier alpha value is -2.42. The molecule has 0 bridgehead atoms. The van der Waals surface area contributed by atoms with Crippen molar-refractivity contribution in [3.05, 3.63) is 69.0 Å². The summed E-state index contributed by atoms with van der Waals surface area (Å²) in [4.78, 5) is 20.1. The number of para-hydroxylation sites is 2. The first kappa shape index (κ1) is 18.6. The summed E-state index contributed by atoms with van der Waals surface area (Å²) in [7, 11) is 1.99. The Kier molecular flexibility index (Phi) is 4.99. The zero-order chi connectivity index (χ0) is 19.8. The van der Waals surface area contributed by atoms with Gasteiger partial charge in [0.2, 0.25) is 0 Å². The van der Waals surface area contributed by atoms with Crippen molar-refractivity contribution in [1.29, 1.82) is 0 Å². The number of thioether (sulfide) groups is 1. The Morgan fingerprint density at radius 1 is 1.14 bits per heavy atom. The minimum atomic E-state index is -0.0272. The van der Waals surface area contributed by atoms with Crippen molar-refractivity contribution in [3.63, 3.8) is 0 Å². The molecule has 1 aliphatic heterocycles. The summed E-state index contributed by atoms with van der Waals surface area (Å²) in [6.45, 7) is 0. The average Bonchev–Trinajstić information content (AvgIpc) is 3.52. The predicted octanol–water partition coefficient (Wildman–Crippen LogP) is 5.17. The third kappa shape index (κ3) is 3.52. The fourth-order valence-corrected chi connectivity index (χ4v) is 5.85. The van der Waals surface area contributed by atoms with Crippen molar-refractivity contribution in [1.82, 2.24) is 14.6 Å². The largest absolute Gasteiger partial charge is 0.322 e. The van der Waals surface area contributed by atoms with Gasteiger partial charge in [0.25, 0.3) is 5.91 Å². The molecule has 1 aliphatic rings. The molecule has 4 aromatic rings.